The zero-order valence-corrected chi connectivity index (χ0v) is 19.2. The van der Waals surface area contributed by atoms with Crippen LogP contribution in [0, 0.1) is 13.8 Å². The molecule has 0 fully saturated rings. The molecule has 33 heavy (non-hydrogen) atoms. The Labute approximate surface area is 191 Å². The number of hydrogen-bond acceptors (Lipinski definition) is 5. The van der Waals surface area contributed by atoms with Crippen molar-refractivity contribution >= 4 is 22.5 Å². The third-order valence-corrected chi connectivity index (χ3v) is 6.52. The first-order valence-electron chi connectivity index (χ1n) is 11.7. The average molecular weight is 448 g/mol. The molecule has 9 nitrogen and oxygen atoms in total. The smallest absolute Gasteiger partial charge is 0.345 e. The van der Waals surface area contributed by atoms with Gasteiger partial charge < -0.3 is 5.32 Å². The minimum Gasteiger partial charge on any atom is -0.356 e. The number of benzene rings is 1. The van der Waals surface area contributed by atoms with Crippen molar-refractivity contribution in [1.82, 2.24) is 34.3 Å². The normalized spacial score (nSPS) is 13.5. The van der Waals surface area contributed by atoms with Gasteiger partial charge in [-0.15, -0.1) is 0 Å². The van der Waals surface area contributed by atoms with Gasteiger partial charge in [0, 0.05) is 49.2 Å². The molecule has 0 saturated heterocycles. The van der Waals surface area contributed by atoms with Crippen LogP contribution in [0.1, 0.15) is 48.5 Å². The number of carbonyl (C=O) groups is 1. The molecule has 4 aromatic rings. The Morgan fingerprint density at radius 1 is 1.15 bits per heavy atom. The van der Waals surface area contributed by atoms with Crippen molar-refractivity contribution in [2.75, 3.05) is 6.54 Å². The zero-order valence-electron chi connectivity index (χ0n) is 19.2. The monoisotopic (exact) mass is 447 g/mol. The van der Waals surface area contributed by atoms with E-state index in [2.05, 4.69) is 15.5 Å². The molecule has 0 spiro atoms. The lowest BCUT2D eigenvalue weighted by Crippen LogP contribution is -2.29. The summed E-state index contributed by atoms with van der Waals surface area (Å²) in [6.45, 7) is 5.82. The molecular weight excluding hydrogens is 418 g/mol. The summed E-state index contributed by atoms with van der Waals surface area (Å²) in [5.74, 6) is 0.882. The van der Waals surface area contributed by atoms with E-state index < -0.39 is 0 Å². The summed E-state index contributed by atoms with van der Waals surface area (Å²) in [5, 5.41) is 13.1. The van der Waals surface area contributed by atoms with Crippen molar-refractivity contribution < 1.29 is 4.79 Å². The lowest BCUT2D eigenvalue weighted by Gasteiger charge is -2.11. The van der Waals surface area contributed by atoms with E-state index in [0.29, 0.717) is 32.4 Å². The quantitative estimate of drug-likeness (QED) is 0.439. The fourth-order valence-electron chi connectivity index (χ4n) is 4.72. The van der Waals surface area contributed by atoms with Gasteiger partial charge in [-0.25, -0.2) is 19.0 Å². The Kier molecular flexibility index (Phi) is 5.70. The molecule has 5 rings (SSSR count). The van der Waals surface area contributed by atoms with Gasteiger partial charge in [-0.2, -0.15) is 10.2 Å². The van der Waals surface area contributed by atoms with E-state index in [9.17, 15) is 9.59 Å². The van der Waals surface area contributed by atoms with Gasteiger partial charge in [-0.05, 0) is 57.2 Å². The first-order valence-corrected chi connectivity index (χ1v) is 11.7. The minimum absolute atomic E-state index is 0.00370. The molecule has 1 aliphatic rings. The molecule has 3 aromatic heterocycles. The van der Waals surface area contributed by atoms with Crippen molar-refractivity contribution in [2.45, 2.75) is 65.5 Å². The van der Waals surface area contributed by atoms with Crippen LogP contribution in [0.5, 0.6) is 0 Å². The molecule has 1 amide bonds. The van der Waals surface area contributed by atoms with Gasteiger partial charge in [-0.3, -0.25) is 9.36 Å². The average Bonchev–Trinajstić information content (AvgIpc) is 3.35. The van der Waals surface area contributed by atoms with Crippen LogP contribution >= 0.6 is 0 Å². The third-order valence-electron chi connectivity index (χ3n) is 6.52. The number of hydrogen-bond donors (Lipinski definition) is 1. The molecule has 1 aliphatic heterocycles. The van der Waals surface area contributed by atoms with Gasteiger partial charge in [0.1, 0.15) is 5.82 Å². The zero-order chi connectivity index (χ0) is 22.9. The van der Waals surface area contributed by atoms with E-state index in [1.165, 1.54) is 4.68 Å². The molecule has 0 unspecified atom stereocenters. The Bertz CT molecular complexity index is 1400. The summed E-state index contributed by atoms with van der Waals surface area (Å²) in [6.07, 6.45) is 4.66. The number of rotatable bonds is 7. The largest absolute Gasteiger partial charge is 0.356 e. The summed E-state index contributed by atoms with van der Waals surface area (Å²) in [6, 6.07) is 7.98. The number of fused-ring (bicyclic) bond motifs is 4. The van der Waals surface area contributed by atoms with Crippen LogP contribution in [0.2, 0.25) is 0 Å². The van der Waals surface area contributed by atoms with Gasteiger partial charge in [0.15, 0.2) is 5.65 Å². The van der Waals surface area contributed by atoms with E-state index in [4.69, 9.17) is 4.98 Å². The summed E-state index contributed by atoms with van der Waals surface area (Å²) >= 11 is 0. The third kappa shape index (κ3) is 4.03. The highest BCUT2D eigenvalue weighted by atomic mass is 16.2. The number of aryl methyl sites for hydroxylation is 4. The van der Waals surface area contributed by atoms with Crippen LogP contribution in [0.15, 0.2) is 29.1 Å². The lowest BCUT2D eigenvalue weighted by molar-refractivity contribution is -0.121. The number of carbonyl (C=O) groups excluding carboxylic acids is 1. The van der Waals surface area contributed by atoms with Crippen LogP contribution in [-0.4, -0.2) is 41.4 Å². The highest BCUT2D eigenvalue weighted by Crippen LogP contribution is 2.22. The maximum atomic E-state index is 12.4. The molecule has 0 radical (unpaired) electrons. The van der Waals surface area contributed by atoms with Gasteiger partial charge in [0.05, 0.1) is 5.52 Å². The summed E-state index contributed by atoms with van der Waals surface area (Å²) in [5.41, 5.74) is 4.74. The van der Waals surface area contributed by atoms with Crippen LogP contribution in [0.4, 0.5) is 0 Å². The van der Waals surface area contributed by atoms with Crippen LogP contribution in [-0.2, 0) is 30.7 Å². The van der Waals surface area contributed by atoms with E-state index in [-0.39, 0.29) is 11.6 Å². The molecule has 1 aromatic carbocycles. The molecule has 0 atom stereocenters. The number of amides is 1. The van der Waals surface area contributed by atoms with Crippen molar-refractivity contribution in [3.05, 3.63) is 57.5 Å². The van der Waals surface area contributed by atoms with Gasteiger partial charge in [0.25, 0.3) is 0 Å². The van der Waals surface area contributed by atoms with E-state index >= 15 is 0 Å². The molecule has 0 saturated carbocycles. The van der Waals surface area contributed by atoms with E-state index in [1.54, 1.807) is 4.57 Å². The van der Waals surface area contributed by atoms with Gasteiger partial charge in [-0.1, -0.05) is 12.1 Å². The Hall–Kier alpha value is -3.49. The number of nitrogens with zero attached hydrogens (tertiary/aromatic N) is 6. The van der Waals surface area contributed by atoms with E-state index in [0.717, 1.165) is 65.1 Å². The molecule has 172 valence electrons. The molecule has 0 bridgehead atoms. The number of aromatic nitrogens is 6. The molecular formula is C24H29N7O2. The van der Waals surface area contributed by atoms with Gasteiger partial charge >= 0.3 is 5.69 Å². The Balaban J connectivity index is 1.17. The van der Waals surface area contributed by atoms with E-state index in [1.807, 2.05) is 42.6 Å². The second kappa shape index (κ2) is 8.80. The van der Waals surface area contributed by atoms with Crippen LogP contribution < -0.4 is 11.0 Å². The summed E-state index contributed by atoms with van der Waals surface area (Å²) in [7, 11) is 0. The molecule has 1 N–H and O–H groups in total. The maximum absolute atomic E-state index is 12.4. The fraction of sp³-hybridized carbons (Fsp3) is 0.458. The fourth-order valence-corrected chi connectivity index (χ4v) is 4.72. The predicted octanol–water partition coefficient (Wildman–Crippen LogP) is 2.33. The standard InChI is InChI=1S/C24H29N7O2/c1-16-18(17(2)31-23(26-16)19-8-3-4-9-20(19)27-31)11-12-22(32)25-13-7-15-30-24(33)29-14-6-5-10-21(29)28-30/h3-4,8-9H,5-7,10-15H2,1-2H3,(H,25,32). The first kappa shape index (κ1) is 21.4. The topological polar surface area (TPSA) is 99.1 Å². The van der Waals surface area contributed by atoms with Crippen molar-refractivity contribution in [3.8, 4) is 0 Å². The van der Waals surface area contributed by atoms with Crippen molar-refractivity contribution in [1.29, 1.82) is 0 Å². The van der Waals surface area contributed by atoms with Crippen molar-refractivity contribution in [2.24, 2.45) is 0 Å². The highest BCUT2D eigenvalue weighted by molar-refractivity contribution is 5.92. The second-order valence-corrected chi connectivity index (χ2v) is 8.75. The van der Waals surface area contributed by atoms with Gasteiger partial charge in [0.2, 0.25) is 5.91 Å². The molecule has 0 aliphatic carbocycles. The maximum Gasteiger partial charge on any atom is 0.345 e. The highest BCUT2D eigenvalue weighted by Gasteiger charge is 2.17. The SMILES string of the molecule is Cc1nc2c3ccccc3nn2c(C)c1CCC(=O)NCCCn1nc2n(c1=O)CCCC2. The number of nitrogens with one attached hydrogen (secondary N) is 1. The Morgan fingerprint density at radius 3 is 2.85 bits per heavy atom. The van der Waals surface area contributed by atoms with Crippen LogP contribution in [0.25, 0.3) is 16.6 Å². The van der Waals surface area contributed by atoms with Crippen molar-refractivity contribution in [3.63, 3.8) is 0 Å². The lowest BCUT2D eigenvalue weighted by atomic mass is 10.1. The van der Waals surface area contributed by atoms with Crippen LogP contribution in [0.3, 0.4) is 0 Å². The summed E-state index contributed by atoms with van der Waals surface area (Å²) < 4.78 is 5.20. The Morgan fingerprint density at radius 2 is 2.00 bits per heavy atom. The molecule has 4 heterocycles. The summed E-state index contributed by atoms with van der Waals surface area (Å²) in [4.78, 5) is 29.6. The first-order chi connectivity index (χ1) is 16.0. The minimum atomic E-state index is -0.0313. The second-order valence-electron chi connectivity index (χ2n) is 8.75. The molecule has 9 heteroatoms. The predicted molar refractivity (Wildman–Crippen MR) is 125 cm³/mol.